The summed E-state index contributed by atoms with van der Waals surface area (Å²) in [5.41, 5.74) is 1.65. The van der Waals surface area contributed by atoms with Crippen LogP contribution in [0.15, 0.2) is 39.1 Å². The Morgan fingerprint density at radius 2 is 1.72 bits per heavy atom. The Labute approximate surface area is 167 Å². The molecule has 0 fully saturated rings. The first-order valence-corrected chi connectivity index (χ1v) is 9.44. The highest BCUT2D eigenvalue weighted by atomic mass is 16.5. The SMILES string of the molecule is COc1ccc(C2C3=C(CCCC3=O)Nc3c2c(=O)n(C)c(=O)n3C)cc1OC. The molecule has 0 amide bonds. The molecule has 1 aliphatic carbocycles. The minimum Gasteiger partial charge on any atom is -0.493 e. The fourth-order valence-electron chi connectivity index (χ4n) is 4.26. The smallest absolute Gasteiger partial charge is 0.332 e. The first kappa shape index (κ1) is 19.0. The van der Waals surface area contributed by atoms with E-state index in [1.165, 1.54) is 18.7 Å². The highest BCUT2D eigenvalue weighted by Gasteiger charge is 2.38. The Morgan fingerprint density at radius 3 is 2.41 bits per heavy atom. The molecule has 0 spiro atoms. The van der Waals surface area contributed by atoms with E-state index >= 15 is 0 Å². The zero-order valence-corrected chi connectivity index (χ0v) is 16.9. The molecule has 2 aromatic rings. The number of anilines is 1. The number of nitrogens with one attached hydrogen (secondary N) is 1. The molecule has 152 valence electrons. The van der Waals surface area contributed by atoms with Crippen LogP contribution in [0.5, 0.6) is 11.5 Å². The number of rotatable bonds is 3. The molecule has 2 heterocycles. The first-order valence-electron chi connectivity index (χ1n) is 9.44. The van der Waals surface area contributed by atoms with Crippen LogP contribution in [0, 0.1) is 0 Å². The number of carbonyl (C=O) groups is 1. The van der Waals surface area contributed by atoms with Crippen LogP contribution in [0.25, 0.3) is 0 Å². The van der Waals surface area contributed by atoms with Crippen molar-refractivity contribution in [1.82, 2.24) is 9.13 Å². The summed E-state index contributed by atoms with van der Waals surface area (Å²) < 4.78 is 13.3. The third-order valence-electron chi connectivity index (χ3n) is 5.74. The van der Waals surface area contributed by atoms with Crippen molar-refractivity contribution in [2.75, 3.05) is 19.5 Å². The summed E-state index contributed by atoms with van der Waals surface area (Å²) in [6.45, 7) is 0. The molecule has 4 rings (SSSR count). The van der Waals surface area contributed by atoms with Crippen LogP contribution in [0.4, 0.5) is 5.82 Å². The van der Waals surface area contributed by atoms with E-state index in [-0.39, 0.29) is 5.78 Å². The van der Waals surface area contributed by atoms with Crippen molar-refractivity contribution in [1.29, 1.82) is 0 Å². The molecule has 0 radical (unpaired) electrons. The molecule has 8 nitrogen and oxygen atoms in total. The van der Waals surface area contributed by atoms with Gasteiger partial charge in [0.05, 0.1) is 19.8 Å². The van der Waals surface area contributed by atoms with Gasteiger partial charge in [-0.25, -0.2) is 4.79 Å². The molecular weight excluding hydrogens is 374 g/mol. The molecule has 1 N–H and O–H groups in total. The first-order chi connectivity index (χ1) is 13.9. The summed E-state index contributed by atoms with van der Waals surface area (Å²) in [5.74, 6) is 0.936. The van der Waals surface area contributed by atoms with E-state index in [0.29, 0.717) is 41.3 Å². The Balaban J connectivity index is 2.06. The maximum Gasteiger partial charge on any atom is 0.332 e. The second-order valence-electron chi connectivity index (χ2n) is 7.31. The molecule has 1 aromatic heterocycles. The normalized spacial score (nSPS) is 18.1. The lowest BCUT2D eigenvalue weighted by atomic mass is 9.76. The number of hydrogen-bond donors (Lipinski definition) is 1. The van der Waals surface area contributed by atoms with Crippen molar-refractivity contribution in [2.45, 2.75) is 25.2 Å². The molecule has 1 atom stereocenters. The number of Topliss-reactive ketones (excluding diaryl/α,β-unsaturated/α-hetero) is 1. The van der Waals surface area contributed by atoms with Crippen molar-refractivity contribution in [3.8, 4) is 11.5 Å². The summed E-state index contributed by atoms with van der Waals surface area (Å²) in [4.78, 5) is 38.5. The fraction of sp³-hybridized carbons (Fsp3) is 0.381. The van der Waals surface area contributed by atoms with Gasteiger partial charge in [0.25, 0.3) is 5.56 Å². The molecule has 29 heavy (non-hydrogen) atoms. The van der Waals surface area contributed by atoms with Crippen LogP contribution >= 0.6 is 0 Å². The van der Waals surface area contributed by atoms with Gasteiger partial charge in [0.2, 0.25) is 0 Å². The highest BCUT2D eigenvalue weighted by molar-refractivity contribution is 6.00. The Kier molecular flexibility index (Phi) is 4.56. The molecule has 1 aromatic carbocycles. The third kappa shape index (κ3) is 2.78. The lowest BCUT2D eigenvalue weighted by Gasteiger charge is -2.34. The van der Waals surface area contributed by atoms with Crippen LogP contribution in [0.1, 0.15) is 36.3 Å². The zero-order valence-electron chi connectivity index (χ0n) is 16.9. The lowest BCUT2D eigenvalue weighted by molar-refractivity contribution is -0.116. The van der Waals surface area contributed by atoms with Crippen molar-refractivity contribution in [3.63, 3.8) is 0 Å². The third-order valence-corrected chi connectivity index (χ3v) is 5.74. The number of aromatic nitrogens is 2. The number of ether oxygens (including phenoxy) is 2. The second-order valence-corrected chi connectivity index (χ2v) is 7.31. The summed E-state index contributed by atoms with van der Waals surface area (Å²) in [6, 6.07) is 5.38. The number of methoxy groups -OCH3 is 2. The minimum absolute atomic E-state index is 0.0140. The van der Waals surface area contributed by atoms with E-state index < -0.39 is 17.2 Å². The number of benzene rings is 1. The van der Waals surface area contributed by atoms with Crippen molar-refractivity contribution in [2.24, 2.45) is 14.1 Å². The highest BCUT2D eigenvalue weighted by Crippen LogP contribution is 2.44. The van der Waals surface area contributed by atoms with Gasteiger partial charge in [-0.3, -0.25) is 18.7 Å². The summed E-state index contributed by atoms with van der Waals surface area (Å²) in [6.07, 6.45) is 1.86. The van der Waals surface area contributed by atoms with Gasteiger partial charge in [-0.2, -0.15) is 0 Å². The standard InChI is InChI=1S/C21H23N3O5/c1-23-19-18(20(26)24(2)21(23)27)16(17-12(22-19)6-5-7-13(17)25)11-8-9-14(28-3)15(10-11)29-4/h8-10,16,22H,5-7H2,1-4H3. The molecular formula is C21H23N3O5. The monoisotopic (exact) mass is 397 g/mol. The molecule has 0 bridgehead atoms. The van der Waals surface area contributed by atoms with E-state index in [9.17, 15) is 14.4 Å². The van der Waals surface area contributed by atoms with Gasteiger partial charge in [-0.05, 0) is 30.5 Å². The van der Waals surface area contributed by atoms with Crippen molar-refractivity contribution < 1.29 is 14.3 Å². The van der Waals surface area contributed by atoms with Gasteiger partial charge >= 0.3 is 5.69 Å². The van der Waals surface area contributed by atoms with Crippen LogP contribution in [0.2, 0.25) is 0 Å². The summed E-state index contributed by atoms with van der Waals surface area (Å²) in [5, 5.41) is 3.21. The van der Waals surface area contributed by atoms with Crippen LogP contribution in [-0.2, 0) is 18.9 Å². The fourth-order valence-corrected chi connectivity index (χ4v) is 4.26. The zero-order chi connectivity index (χ0) is 20.9. The van der Waals surface area contributed by atoms with Crippen LogP contribution in [-0.4, -0.2) is 29.1 Å². The van der Waals surface area contributed by atoms with Crippen molar-refractivity contribution >= 4 is 11.6 Å². The second kappa shape index (κ2) is 6.95. The Morgan fingerprint density at radius 1 is 1.00 bits per heavy atom. The Bertz CT molecular complexity index is 1170. The predicted octanol–water partition coefficient (Wildman–Crippen LogP) is 1.67. The number of nitrogens with zero attached hydrogens (tertiary/aromatic N) is 2. The van der Waals surface area contributed by atoms with Gasteiger partial charge in [0, 0.05) is 37.7 Å². The van der Waals surface area contributed by atoms with E-state index in [1.54, 1.807) is 26.3 Å². The van der Waals surface area contributed by atoms with E-state index in [2.05, 4.69) is 5.32 Å². The number of allylic oxidation sites excluding steroid dienone is 2. The molecule has 8 heteroatoms. The number of hydrogen-bond acceptors (Lipinski definition) is 6. The molecule has 2 aliphatic rings. The summed E-state index contributed by atoms with van der Waals surface area (Å²) in [7, 11) is 6.16. The predicted molar refractivity (Wildman–Crippen MR) is 108 cm³/mol. The quantitative estimate of drug-likeness (QED) is 0.847. The molecule has 0 saturated heterocycles. The average Bonchev–Trinajstić information content (AvgIpc) is 2.74. The van der Waals surface area contributed by atoms with E-state index in [4.69, 9.17) is 9.47 Å². The van der Waals surface area contributed by atoms with Gasteiger partial charge in [0.15, 0.2) is 17.3 Å². The van der Waals surface area contributed by atoms with Crippen LogP contribution < -0.4 is 26.0 Å². The number of ketones is 1. The maximum atomic E-state index is 13.1. The van der Waals surface area contributed by atoms with Gasteiger partial charge in [-0.15, -0.1) is 0 Å². The van der Waals surface area contributed by atoms with E-state index in [1.807, 2.05) is 6.07 Å². The van der Waals surface area contributed by atoms with E-state index in [0.717, 1.165) is 22.2 Å². The minimum atomic E-state index is -0.584. The molecule has 1 unspecified atom stereocenters. The van der Waals surface area contributed by atoms with Gasteiger partial charge in [-0.1, -0.05) is 6.07 Å². The lowest BCUT2D eigenvalue weighted by Crippen LogP contribution is -2.44. The molecule has 1 aliphatic heterocycles. The van der Waals surface area contributed by atoms with Crippen LogP contribution in [0.3, 0.4) is 0 Å². The maximum absolute atomic E-state index is 13.1. The number of carbonyl (C=O) groups excluding carboxylic acids is 1. The largest absolute Gasteiger partial charge is 0.493 e. The summed E-state index contributed by atoms with van der Waals surface area (Å²) >= 11 is 0. The molecule has 0 saturated carbocycles. The number of fused-ring (bicyclic) bond motifs is 1. The Hall–Kier alpha value is -3.29. The van der Waals surface area contributed by atoms with Gasteiger partial charge < -0.3 is 14.8 Å². The van der Waals surface area contributed by atoms with Gasteiger partial charge in [0.1, 0.15) is 5.82 Å². The topological polar surface area (TPSA) is 91.6 Å². The average molecular weight is 397 g/mol. The van der Waals surface area contributed by atoms with Crippen molar-refractivity contribution in [3.05, 3.63) is 61.4 Å².